The number of ether oxygens (including phenoxy) is 1. The van der Waals surface area contributed by atoms with E-state index in [0.29, 0.717) is 17.9 Å². The summed E-state index contributed by atoms with van der Waals surface area (Å²) >= 11 is 0. The number of carbonyl (C=O) groups is 1. The molecule has 0 spiro atoms. The van der Waals surface area contributed by atoms with Gasteiger partial charge in [-0.3, -0.25) is 4.79 Å². The minimum absolute atomic E-state index is 0.0378. The SMILES string of the molecule is C=N/C(NC1(C)CC1)=C(\C)C(C(=O)NCC1(COCC)CC1)=C(C)C. The van der Waals surface area contributed by atoms with Gasteiger partial charge in [0.1, 0.15) is 5.82 Å². The van der Waals surface area contributed by atoms with Crippen LogP contribution in [-0.2, 0) is 9.53 Å². The second-order valence-corrected chi connectivity index (χ2v) is 8.01. The van der Waals surface area contributed by atoms with Gasteiger partial charge < -0.3 is 15.4 Å². The summed E-state index contributed by atoms with van der Waals surface area (Å²) in [6.07, 6.45) is 4.47. The fourth-order valence-corrected chi connectivity index (χ4v) is 2.96. The summed E-state index contributed by atoms with van der Waals surface area (Å²) in [5.74, 6) is 0.672. The van der Waals surface area contributed by atoms with Crippen molar-refractivity contribution in [3.8, 4) is 0 Å². The largest absolute Gasteiger partial charge is 0.381 e. The monoisotopic (exact) mass is 347 g/mol. The van der Waals surface area contributed by atoms with E-state index in [2.05, 4.69) is 29.3 Å². The normalized spacial score (nSPS) is 20.2. The summed E-state index contributed by atoms with van der Waals surface area (Å²) in [4.78, 5) is 17.0. The summed E-state index contributed by atoms with van der Waals surface area (Å²) in [6.45, 7) is 15.8. The maximum atomic E-state index is 12.8. The Labute approximate surface area is 152 Å². The van der Waals surface area contributed by atoms with Crippen LogP contribution in [0, 0.1) is 5.41 Å². The first-order chi connectivity index (χ1) is 11.8. The molecule has 1 amide bonds. The molecule has 2 rings (SSSR count). The molecule has 0 saturated heterocycles. The molecule has 0 radical (unpaired) electrons. The molecule has 0 unspecified atom stereocenters. The summed E-state index contributed by atoms with van der Waals surface area (Å²) in [5.41, 5.74) is 2.77. The maximum Gasteiger partial charge on any atom is 0.251 e. The number of aliphatic imine (C=N–C) groups is 1. The molecule has 5 nitrogen and oxygen atoms in total. The third kappa shape index (κ3) is 5.18. The van der Waals surface area contributed by atoms with Gasteiger partial charge in [-0.1, -0.05) is 5.57 Å². The second-order valence-electron chi connectivity index (χ2n) is 8.01. The first kappa shape index (κ1) is 19.7. The van der Waals surface area contributed by atoms with Gasteiger partial charge in [-0.25, -0.2) is 4.99 Å². The van der Waals surface area contributed by atoms with Crippen LogP contribution in [-0.4, -0.2) is 37.9 Å². The van der Waals surface area contributed by atoms with Gasteiger partial charge in [0.25, 0.3) is 5.91 Å². The van der Waals surface area contributed by atoms with Crippen LogP contribution < -0.4 is 10.6 Å². The molecule has 2 fully saturated rings. The summed E-state index contributed by atoms with van der Waals surface area (Å²) in [5, 5.41) is 6.55. The zero-order valence-electron chi connectivity index (χ0n) is 16.4. The quantitative estimate of drug-likeness (QED) is 0.362. The van der Waals surface area contributed by atoms with Crippen LogP contribution in [0.1, 0.15) is 60.3 Å². The molecule has 0 aromatic carbocycles. The van der Waals surface area contributed by atoms with Crippen molar-refractivity contribution in [1.82, 2.24) is 10.6 Å². The lowest BCUT2D eigenvalue weighted by molar-refractivity contribution is -0.117. The van der Waals surface area contributed by atoms with Crippen LogP contribution in [0.2, 0.25) is 0 Å². The molecule has 2 aliphatic carbocycles. The number of hydrogen-bond acceptors (Lipinski definition) is 4. The highest BCUT2D eigenvalue weighted by Gasteiger charge is 2.43. The average Bonchev–Trinajstić information content (AvgIpc) is 3.48. The van der Waals surface area contributed by atoms with Gasteiger partial charge in [0, 0.05) is 35.3 Å². The summed E-state index contributed by atoms with van der Waals surface area (Å²) in [6, 6.07) is 0. The van der Waals surface area contributed by atoms with Crippen LogP contribution in [0.25, 0.3) is 0 Å². The van der Waals surface area contributed by atoms with E-state index in [1.165, 1.54) is 0 Å². The Hall–Kier alpha value is -1.62. The number of nitrogens with zero attached hydrogens (tertiary/aromatic N) is 1. The van der Waals surface area contributed by atoms with E-state index in [0.717, 1.165) is 50.0 Å². The number of carbonyl (C=O) groups excluding carboxylic acids is 1. The van der Waals surface area contributed by atoms with Crippen molar-refractivity contribution in [3.63, 3.8) is 0 Å². The van der Waals surface area contributed by atoms with Crippen molar-refractivity contribution in [2.75, 3.05) is 19.8 Å². The van der Waals surface area contributed by atoms with E-state index in [1.54, 1.807) is 0 Å². The highest BCUT2D eigenvalue weighted by atomic mass is 16.5. The van der Waals surface area contributed by atoms with Gasteiger partial charge in [0.15, 0.2) is 0 Å². The fourth-order valence-electron chi connectivity index (χ4n) is 2.96. The van der Waals surface area contributed by atoms with Gasteiger partial charge >= 0.3 is 0 Å². The molecule has 0 bridgehead atoms. The molecule has 0 aliphatic heterocycles. The number of amides is 1. The average molecular weight is 348 g/mol. The fraction of sp³-hybridized carbons (Fsp3) is 0.700. The van der Waals surface area contributed by atoms with Gasteiger partial charge in [0.05, 0.1) is 6.61 Å². The Morgan fingerprint density at radius 2 is 1.84 bits per heavy atom. The van der Waals surface area contributed by atoms with Crippen molar-refractivity contribution in [2.24, 2.45) is 10.4 Å². The molecule has 2 N–H and O–H groups in total. The maximum absolute atomic E-state index is 12.8. The van der Waals surface area contributed by atoms with Gasteiger partial charge in [-0.2, -0.15) is 0 Å². The number of hydrogen-bond donors (Lipinski definition) is 2. The van der Waals surface area contributed by atoms with Crippen molar-refractivity contribution >= 4 is 12.6 Å². The molecule has 0 heterocycles. The Morgan fingerprint density at radius 3 is 2.28 bits per heavy atom. The molecule has 2 saturated carbocycles. The van der Waals surface area contributed by atoms with Crippen molar-refractivity contribution in [1.29, 1.82) is 0 Å². The molecule has 0 atom stereocenters. The number of rotatable bonds is 10. The lowest BCUT2D eigenvalue weighted by atomic mass is 10.0. The Morgan fingerprint density at radius 1 is 1.20 bits per heavy atom. The van der Waals surface area contributed by atoms with Gasteiger partial charge in [-0.05, 0) is 67.0 Å². The second kappa shape index (κ2) is 7.73. The number of allylic oxidation sites excluding steroid dienone is 1. The van der Waals surface area contributed by atoms with E-state index in [-0.39, 0.29) is 16.9 Å². The zero-order valence-corrected chi connectivity index (χ0v) is 16.4. The molecule has 0 aromatic rings. The van der Waals surface area contributed by atoms with Crippen LogP contribution in [0.5, 0.6) is 0 Å². The Balaban J connectivity index is 2.08. The van der Waals surface area contributed by atoms with E-state index >= 15 is 0 Å². The van der Waals surface area contributed by atoms with Gasteiger partial charge in [0.2, 0.25) is 0 Å². The first-order valence-electron chi connectivity index (χ1n) is 9.25. The molecule has 140 valence electrons. The van der Waals surface area contributed by atoms with E-state index in [4.69, 9.17) is 4.74 Å². The van der Waals surface area contributed by atoms with Crippen LogP contribution in [0.15, 0.2) is 27.5 Å². The van der Waals surface area contributed by atoms with Crippen LogP contribution >= 0.6 is 0 Å². The van der Waals surface area contributed by atoms with E-state index in [1.807, 2.05) is 27.7 Å². The summed E-state index contributed by atoms with van der Waals surface area (Å²) < 4.78 is 5.56. The minimum atomic E-state index is -0.0378. The lowest BCUT2D eigenvalue weighted by Gasteiger charge is -2.20. The van der Waals surface area contributed by atoms with Crippen molar-refractivity contribution in [3.05, 3.63) is 22.5 Å². The third-order valence-electron chi connectivity index (χ3n) is 5.23. The Kier molecular flexibility index (Phi) is 6.09. The molecular weight excluding hydrogens is 314 g/mol. The highest BCUT2D eigenvalue weighted by molar-refractivity contribution is 5.98. The highest BCUT2D eigenvalue weighted by Crippen LogP contribution is 2.45. The van der Waals surface area contributed by atoms with E-state index in [9.17, 15) is 4.79 Å². The number of nitrogens with one attached hydrogen (secondary N) is 2. The van der Waals surface area contributed by atoms with Gasteiger partial charge in [-0.15, -0.1) is 0 Å². The van der Waals surface area contributed by atoms with Crippen LogP contribution in [0.3, 0.4) is 0 Å². The van der Waals surface area contributed by atoms with Crippen LogP contribution in [0.4, 0.5) is 0 Å². The molecule has 5 heteroatoms. The van der Waals surface area contributed by atoms with E-state index < -0.39 is 0 Å². The molecule has 25 heavy (non-hydrogen) atoms. The van der Waals surface area contributed by atoms with Crippen molar-refractivity contribution < 1.29 is 9.53 Å². The molecular formula is C20H33N3O2. The standard InChI is InChI=1S/C20H33N3O2/c1-7-25-13-20(10-11-20)12-22-18(24)16(14(2)3)15(4)17(21-6)23-19(5)8-9-19/h23H,6-13H2,1-5H3,(H,22,24)/b17-15-. The minimum Gasteiger partial charge on any atom is -0.381 e. The smallest absolute Gasteiger partial charge is 0.251 e. The zero-order chi connectivity index (χ0) is 18.7. The lowest BCUT2D eigenvalue weighted by Crippen LogP contribution is -2.35. The molecule has 2 aliphatic rings. The predicted octanol–water partition coefficient (Wildman–Crippen LogP) is 3.33. The first-order valence-corrected chi connectivity index (χ1v) is 9.25. The molecule has 0 aromatic heterocycles. The predicted molar refractivity (Wildman–Crippen MR) is 103 cm³/mol. The Bertz CT molecular complexity index is 592. The van der Waals surface area contributed by atoms with Crippen molar-refractivity contribution in [2.45, 2.75) is 65.8 Å². The summed E-state index contributed by atoms with van der Waals surface area (Å²) in [7, 11) is 0. The third-order valence-corrected chi connectivity index (χ3v) is 5.23. The topological polar surface area (TPSA) is 62.7 Å².